The predicted molar refractivity (Wildman–Crippen MR) is 206 cm³/mol. The fourth-order valence-electron chi connectivity index (χ4n) is 7.32. The Hall–Kier alpha value is -5.09. The topological polar surface area (TPSA) is 102 Å². The van der Waals surface area contributed by atoms with Crippen LogP contribution < -0.4 is 0 Å². The molecule has 52 heavy (non-hydrogen) atoms. The largest absolute Gasteiger partial charge is 0.379 e. The average Bonchev–Trinajstić information content (AvgIpc) is 3.63. The van der Waals surface area contributed by atoms with Crippen LogP contribution >= 0.6 is 0 Å². The van der Waals surface area contributed by atoms with Gasteiger partial charge in [-0.25, -0.2) is 4.98 Å². The lowest BCUT2D eigenvalue weighted by molar-refractivity contribution is 0.0522. The van der Waals surface area contributed by atoms with Gasteiger partial charge >= 0.3 is 0 Å². The van der Waals surface area contributed by atoms with E-state index in [1.54, 1.807) is 18.5 Å². The van der Waals surface area contributed by atoms with Crippen LogP contribution in [-0.2, 0) is 25.4 Å². The summed E-state index contributed by atoms with van der Waals surface area (Å²) in [6.07, 6.45) is 4.46. The molecule has 0 saturated heterocycles. The third-order valence-electron chi connectivity index (χ3n) is 9.64. The van der Waals surface area contributed by atoms with Gasteiger partial charge in [0.2, 0.25) is 0 Å². The van der Waals surface area contributed by atoms with Crippen molar-refractivity contribution in [3.8, 4) is 0 Å². The van der Waals surface area contributed by atoms with E-state index in [0.717, 1.165) is 33.7 Å². The number of nitrogens with zero attached hydrogens (tertiary/aromatic N) is 3. The molecule has 268 valence electrons. The molecule has 0 aliphatic heterocycles. The highest BCUT2D eigenvalue weighted by atomic mass is 32.2. The Bertz CT molecular complexity index is 2150. The van der Waals surface area contributed by atoms with Crippen LogP contribution in [0.15, 0.2) is 140 Å². The van der Waals surface area contributed by atoms with E-state index in [1.165, 1.54) is 0 Å². The van der Waals surface area contributed by atoms with Crippen LogP contribution in [0.1, 0.15) is 72.4 Å². The summed E-state index contributed by atoms with van der Waals surface area (Å²) < 4.78 is 31.3. The van der Waals surface area contributed by atoms with Crippen molar-refractivity contribution in [1.29, 1.82) is 0 Å². The summed E-state index contributed by atoms with van der Waals surface area (Å²) in [5.41, 5.74) is 1.77. The number of aliphatic hydroxyl groups is 1. The Labute approximate surface area is 306 Å². The first kappa shape index (κ1) is 36.7. The minimum Gasteiger partial charge on any atom is -0.379 e. The molecule has 1 amide bonds. The van der Waals surface area contributed by atoms with E-state index in [-0.39, 0.29) is 31.0 Å². The number of benzene rings is 5. The molecule has 1 aromatic heterocycles. The smallest absolute Gasteiger partial charge is 0.264 e. The van der Waals surface area contributed by atoms with E-state index in [0.29, 0.717) is 16.8 Å². The lowest BCUT2D eigenvalue weighted by atomic mass is 9.76. The van der Waals surface area contributed by atoms with Crippen LogP contribution in [0.5, 0.6) is 0 Å². The van der Waals surface area contributed by atoms with E-state index in [1.807, 2.05) is 122 Å². The van der Waals surface area contributed by atoms with Crippen molar-refractivity contribution < 1.29 is 22.5 Å². The number of rotatable bonds is 13. The van der Waals surface area contributed by atoms with Crippen molar-refractivity contribution in [1.82, 2.24) is 14.5 Å². The standard InChI is InChI=1S/C43H45N3O5S/c1-31(2)46(32(3)4)41(47)35-22-21-34-28-39(24-23-33(34)27-35)42(48,25-26-51-52(5,49)50)40-29-45(30-44-40)43(36-15-9-6-10-16-36,37-17-11-7-12-18-37)38-19-13-8-14-20-38/h6-24,27-32,48H,25-26H2,1-5H3. The van der Waals surface area contributed by atoms with E-state index >= 15 is 0 Å². The highest BCUT2D eigenvalue weighted by Gasteiger charge is 2.41. The summed E-state index contributed by atoms with van der Waals surface area (Å²) in [6.45, 7) is 7.75. The molecule has 0 radical (unpaired) electrons. The molecule has 1 heterocycles. The molecule has 6 rings (SSSR count). The number of fused-ring (bicyclic) bond motifs is 1. The van der Waals surface area contributed by atoms with Gasteiger partial charge in [0.05, 0.1) is 24.9 Å². The third-order valence-corrected chi connectivity index (χ3v) is 10.2. The lowest BCUT2D eigenvalue weighted by Crippen LogP contribution is -2.42. The molecule has 0 bridgehead atoms. The minimum atomic E-state index is -3.78. The van der Waals surface area contributed by atoms with Crippen LogP contribution in [0.2, 0.25) is 0 Å². The van der Waals surface area contributed by atoms with Gasteiger partial charge in [-0.3, -0.25) is 8.98 Å². The average molecular weight is 716 g/mol. The second-order valence-corrected chi connectivity index (χ2v) is 15.4. The summed E-state index contributed by atoms with van der Waals surface area (Å²) in [4.78, 5) is 20.2. The van der Waals surface area contributed by atoms with Gasteiger partial charge in [-0.05, 0) is 78.9 Å². The van der Waals surface area contributed by atoms with Gasteiger partial charge in [0.15, 0.2) is 0 Å². The third kappa shape index (κ3) is 7.17. The molecule has 0 aliphatic rings. The molecular weight excluding hydrogens is 671 g/mol. The van der Waals surface area contributed by atoms with Crippen LogP contribution in [0.25, 0.3) is 10.8 Å². The lowest BCUT2D eigenvalue weighted by Gasteiger charge is -2.37. The summed E-state index contributed by atoms with van der Waals surface area (Å²) in [5.74, 6) is -0.0466. The van der Waals surface area contributed by atoms with Crippen molar-refractivity contribution in [3.05, 3.63) is 173 Å². The van der Waals surface area contributed by atoms with Gasteiger partial charge in [-0.1, -0.05) is 109 Å². The van der Waals surface area contributed by atoms with Gasteiger partial charge in [0.1, 0.15) is 11.1 Å². The van der Waals surface area contributed by atoms with Crippen molar-refractivity contribution in [3.63, 3.8) is 0 Å². The van der Waals surface area contributed by atoms with Gasteiger partial charge < -0.3 is 14.6 Å². The first-order valence-electron chi connectivity index (χ1n) is 17.5. The summed E-state index contributed by atoms with van der Waals surface area (Å²) in [7, 11) is -3.78. The molecule has 1 atom stereocenters. The van der Waals surface area contributed by atoms with Gasteiger partial charge in [-0.2, -0.15) is 8.42 Å². The number of hydrogen-bond acceptors (Lipinski definition) is 6. The molecule has 1 unspecified atom stereocenters. The molecule has 5 aromatic carbocycles. The Morgan fingerprint density at radius 1 is 0.750 bits per heavy atom. The highest BCUT2D eigenvalue weighted by Crippen LogP contribution is 2.42. The van der Waals surface area contributed by atoms with Gasteiger partial charge in [0, 0.05) is 30.3 Å². The zero-order valence-corrected chi connectivity index (χ0v) is 31.0. The van der Waals surface area contributed by atoms with Gasteiger partial charge in [-0.15, -0.1) is 0 Å². The first-order valence-corrected chi connectivity index (χ1v) is 19.3. The fraction of sp³-hybridized carbons (Fsp3) is 0.256. The molecule has 1 N–H and O–H groups in total. The normalized spacial score (nSPS) is 13.4. The highest BCUT2D eigenvalue weighted by molar-refractivity contribution is 7.85. The van der Waals surface area contributed by atoms with Crippen LogP contribution in [0.4, 0.5) is 0 Å². The number of carbonyl (C=O) groups excluding carboxylic acids is 1. The maximum absolute atomic E-state index is 13.5. The molecule has 0 spiro atoms. The summed E-state index contributed by atoms with van der Waals surface area (Å²) >= 11 is 0. The molecule has 0 fully saturated rings. The van der Waals surface area contributed by atoms with Crippen LogP contribution in [0.3, 0.4) is 0 Å². The monoisotopic (exact) mass is 715 g/mol. The first-order chi connectivity index (χ1) is 24.8. The summed E-state index contributed by atoms with van der Waals surface area (Å²) in [6, 6.07) is 41.6. The number of hydrogen-bond donors (Lipinski definition) is 1. The molecule has 8 nitrogen and oxygen atoms in total. The fourth-order valence-corrected chi connectivity index (χ4v) is 7.70. The SMILES string of the molecule is CC(C)N(C(=O)c1ccc2cc(C(O)(CCOS(C)(=O)=O)c3cn(C(c4ccccc4)(c4ccccc4)c4ccccc4)cn3)ccc2c1)C(C)C. The summed E-state index contributed by atoms with van der Waals surface area (Å²) in [5, 5.41) is 14.4. The quantitative estimate of drug-likeness (QED) is 0.0970. The number of aromatic nitrogens is 2. The van der Waals surface area contributed by atoms with Crippen molar-refractivity contribution >= 4 is 26.8 Å². The number of imidazole rings is 1. The van der Waals surface area contributed by atoms with E-state index in [2.05, 4.69) is 36.4 Å². The minimum absolute atomic E-state index is 0.0407. The molecule has 0 aliphatic carbocycles. The second-order valence-electron chi connectivity index (χ2n) is 13.8. The van der Waals surface area contributed by atoms with E-state index in [9.17, 15) is 18.3 Å². The number of carbonyl (C=O) groups is 1. The van der Waals surface area contributed by atoms with E-state index < -0.39 is 21.3 Å². The molecular formula is C43H45N3O5S. The van der Waals surface area contributed by atoms with Gasteiger partial charge in [0.25, 0.3) is 16.0 Å². The molecule has 6 aromatic rings. The second kappa shape index (κ2) is 14.9. The molecule has 0 saturated carbocycles. The number of amides is 1. The maximum atomic E-state index is 13.5. The van der Waals surface area contributed by atoms with Crippen molar-refractivity contribution in [2.45, 2.75) is 57.3 Å². The Morgan fingerprint density at radius 2 is 1.25 bits per heavy atom. The van der Waals surface area contributed by atoms with E-state index in [4.69, 9.17) is 9.17 Å². The Balaban J connectivity index is 1.50. The zero-order chi connectivity index (χ0) is 37.1. The van der Waals surface area contributed by atoms with Crippen LogP contribution in [-0.4, -0.2) is 58.8 Å². The predicted octanol–water partition coefficient (Wildman–Crippen LogP) is 7.74. The Kier molecular flexibility index (Phi) is 10.5. The molecule has 9 heteroatoms. The Morgan fingerprint density at radius 3 is 1.75 bits per heavy atom. The van der Waals surface area contributed by atoms with Crippen molar-refractivity contribution in [2.24, 2.45) is 0 Å². The van der Waals surface area contributed by atoms with Crippen molar-refractivity contribution in [2.75, 3.05) is 12.9 Å². The zero-order valence-electron chi connectivity index (χ0n) is 30.2. The van der Waals surface area contributed by atoms with Crippen LogP contribution in [0, 0.1) is 0 Å². The maximum Gasteiger partial charge on any atom is 0.264 e.